The lowest BCUT2D eigenvalue weighted by Gasteiger charge is -2.39. The zero-order chi connectivity index (χ0) is 23.8. The minimum atomic E-state index is -4.42. The quantitative estimate of drug-likeness (QED) is 0.544. The smallest absolute Gasteiger partial charge is 0.396 e. The van der Waals surface area contributed by atoms with Gasteiger partial charge >= 0.3 is 12.2 Å². The van der Waals surface area contributed by atoms with Crippen LogP contribution in [-0.2, 0) is 12.6 Å². The van der Waals surface area contributed by atoms with Gasteiger partial charge in [0.1, 0.15) is 5.82 Å². The number of amides is 2. The Labute approximate surface area is 187 Å². The van der Waals surface area contributed by atoms with Gasteiger partial charge in [-0.2, -0.15) is 13.2 Å². The molecule has 2 aromatic heterocycles. The third-order valence-corrected chi connectivity index (χ3v) is 5.51. The maximum atomic E-state index is 13.4. The molecule has 3 N–H and O–H groups in total. The Bertz CT molecular complexity index is 1170. The molecule has 172 valence electrons. The fourth-order valence-electron chi connectivity index (χ4n) is 3.69. The lowest BCUT2D eigenvalue weighted by atomic mass is 9.94. The zero-order valence-electron chi connectivity index (χ0n) is 17.7. The molecule has 3 aromatic rings. The first-order valence-electron chi connectivity index (χ1n) is 10.2. The average Bonchev–Trinajstić information content (AvgIpc) is 2.72. The molecular formula is C23H21F4N5O. The molecule has 6 nitrogen and oxygen atoms in total. The standard InChI is InChI=1S/C23H21F4N5O/c1-13-8-16(24)3-5-18(13)20-7-6-19(28)21(30-20)31-22(33)32-11-14(12-32)9-17-4-2-15(10-29-17)23(25,26)27/h2-8,10,14H,9,11-12,28H2,1H3,(H,30,31,33). The molecule has 0 bridgehead atoms. The van der Waals surface area contributed by atoms with E-state index >= 15 is 0 Å². The minimum Gasteiger partial charge on any atom is -0.396 e. The summed E-state index contributed by atoms with van der Waals surface area (Å²) in [6.45, 7) is 2.64. The van der Waals surface area contributed by atoms with Crippen LogP contribution in [0.15, 0.2) is 48.7 Å². The van der Waals surface area contributed by atoms with E-state index < -0.39 is 11.7 Å². The summed E-state index contributed by atoms with van der Waals surface area (Å²) in [6.07, 6.45) is -3.12. The highest BCUT2D eigenvalue weighted by atomic mass is 19.4. The van der Waals surface area contributed by atoms with Gasteiger partial charge in [-0.3, -0.25) is 10.3 Å². The van der Waals surface area contributed by atoms with Crippen LogP contribution in [0.5, 0.6) is 0 Å². The van der Waals surface area contributed by atoms with Crippen molar-refractivity contribution in [2.24, 2.45) is 5.92 Å². The molecule has 0 spiro atoms. The second-order valence-corrected chi connectivity index (χ2v) is 8.03. The van der Waals surface area contributed by atoms with Gasteiger partial charge in [-0.05, 0) is 67.3 Å². The second kappa shape index (κ2) is 8.68. The van der Waals surface area contributed by atoms with Crippen molar-refractivity contribution in [2.75, 3.05) is 24.1 Å². The van der Waals surface area contributed by atoms with Crippen LogP contribution in [-0.4, -0.2) is 34.0 Å². The van der Waals surface area contributed by atoms with Gasteiger partial charge in [-0.1, -0.05) is 0 Å². The van der Waals surface area contributed by atoms with Crippen LogP contribution in [0.25, 0.3) is 11.3 Å². The first kappa shape index (κ1) is 22.5. The average molecular weight is 459 g/mol. The maximum absolute atomic E-state index is 13.4. The highest BCUT2D eigenvalue weighted by Gasteiger charge is 2.33. The van der Waals surface area contributed by atoms with Gasteiger partial charge in [0.15, 0.2) is 5.82 Å². The van der Waals surface area contributed by atoms with Crippen molar-refractivity contribution in [2.45, 2.75) is 19.5 Å². The van der Waals surface area contributed by atoms with Crippen molar-refractivity contribution in [3.8, 4) is 11.3 Å². The van der Waals surface area contributed by atoms with E-state index in [1.807, 2.05) is 0 Å². The molecule has 0 saturated carbocycles. The number of nitrogen functional groups attached to an aromatic ring is 1. The number of alkyl halides is 3. The van der Waals surface area contributed by atoms with E-state index in [0.29, 0.717) is 36.5 Å². The number of urea groups is 1. The van der Waals surface area contributed by atoms with Gasteiger partial charge in [0.25, 0.3) is 0 Å². The van der Waals surface area contributed by atoms with Crippen LogP contribution < -0.4 is 11.1 Å². The topological polar surface area (TPSA) is 84.1 Å². The van der Waals surface area contributed by atoms with E-state index in [4.69, 9.17) is 5.73 Å². The van der Waals surface area contributed by atoms with Crippen LogP contribution >= 0.6 is 0 Å². The van der Waals surface area contributed by atoms with Gasteiger partial charge in [0, 0.05) is 30.5 Å². The van der Waals surface area contributed by atoms with E-state index in [1.165, 1.54) is 18.2 Å². The molecule has 2 amide bonds. The number of hydrogen-bond donors (Lipinski definition) is 2. The number of anilines is 2. The van der Waals surface area contributed by atoms with E-state index in [0.717, 1.165) is 17.8 Å². The third kappa shape index (κ3) is 5.05. The van der Waals surface area contributed by atoms with Crippen molar-refractivity contribution in [3.05, 3.63) is 71.3 Å². The molecule has 1 saturated heterocycles. The molecule has 0 unspecified atom stereocenters. The molecular weight excluding hydrogens is 438 g/mol. The van der Waals surface area contributed by atoms with Crippen LogP contribution in [0, 0.1) is 18.7 Å². The number of aromatic nitrogens is 2. The van der Waals surface area contributed by atoms with Crippen LogP contribution in [0.4, 0.5) is 33.9 Å². The van der Waals surface area contributed by atoms with Gasteiger partial charge in [-0.25, -0.2) is 14.2 Å². The number of likely N-dealkylation sites (tertiary alicyclic amines) is 1. The number of rotatable bonds is 4. The molecule has 1 aliphatic heterocycles. The Kier molecular flexibility index (Phi) is 5.92. The predicted octanol–water partition coefficient (Wildman–Crippen LogP) is 4.90. The Balaban J connectivity index is 1.36. The fourth-order valence-corrected chi connectivity index (χ4v) is 3.69. The van der Waals surface area contributed by atoms with Gasteiger partial charge in [0.2, 0.25) is 0 Å². The summed E-state index contributed by atoms with van der Waals surface area (Å²) in [5, 5.41) is 2.70. The number of nitrogens with zero attached hydrogens (tertiary/aromatic N) is 3. The minimum absolute atomic E-state index is 0.0958. The van der Waals surface area contributed by atoms with Crippen LogP contribution in [0.3, 0.4) is 0 Å². The number of nitrogens with one attached hydrogen (secondary N) is 1. The van der Waals surface area contributed by atoms with Gasteiger partial charge in [-0.15, -0.1) is 0 Å². The summed E-state index contributed by atoms with van der Waals surface area (Å²) in [7, 11) is 0. The highest BCUT2D eigenvalue weighted by molar-refractivity contribution is 5.92. The summed E-state index contributed by atoms with van der Waals surface area (Å²) in [5.41, 5.74) is 7.98. The summed E-state index contributed by atoms with van der Waals surface area (Å²) in [6, 6.07) is 9.66. The molecule has 0 atom stereocenters. The zero-order valence-corrected chi connectivity index (χ0v) is 17.7. The number of nitrogens with two attached hydrogens (primary N) is 1. The first-order valence-corrected chi connectivity index (χ1v) is 10.2. The number of hydrogen-bond acceptors (Lipinski definition) is 4. The maximum Gasteiger partial charge on any atom is 0.417 e. The van der Waals surface area contributed by atoms with Gasteiger partial charge < -0.3 is 10.6 Å². The number of halogens is 4. The van der Waals surface area contributed by atoms with E-state index in [2.05, 4.69) is 15.3 Å². The number of benzene rings is 1. The molecule has 0 aliphatic carbocycles. The first-order chi connectivity index (χ1) is 15.6. The van der Waals surface area contributed by atoms with Crippen molar-refractivity contribution in [3.63, 3.8) is 0 Å². The number of pyridine rings is 2. The second-order valence-electron chi connectivity index (χ2n) is 8.03. The van der Waals surface area contributed by atoms with Gasteiger partial charge in [0.05, 0.1) is 16.9 Å². The lowest BCUT2D eigenvalue weighted by molar-refractivity contribution is -0.137. The van der Waals surface area contributed by atoms with E-state index in [9.17, 15) is 22.4 Å². The number of aryl methyl sites for hydroxylation is 1. The summed E-state index contributed by atoms with van der Waals surface area (Å²) < 4.78 is 51.3. The largest absolute Gasteiger partial charge is 0.417 e. The fraction of sp³-hybridized carbons (Fsp3) is 0.261. The molecule has 0 radical (unpaired) electrons. The van der Waals surface area contributed by atoms with Crippen molar-refractivity contribution in [1.82, 2.24) is 14.9 Å². The Morgan fingerprint density at radius 2 is 1.94 bits per heavy atom. The third-order valence-electron chi connectivity index (χ3n) is 5.51. The molecule has 10 heteroatoms. The molecule has 1 fully saturated rings. The molecule has 33 heavy (non-hydrogen) atoms. The highest BCUT2D eigenvalue weighted by Crippen LogP contribution is 2.30. The Morgan fingerprint density at radius 1 is 1.18 bits per heavy atom. The molecule has 1 aromatic carbocycles. The lowest BCUT2D eigenvalue weighted by Crippen LogP contribution is -2.52. The molecule has 3 heterocycles. The van der Waals surface area contributed by atoms with Crippen LogP contribution in [0.1, 0.15) is 16.8 Å². The number of carbonyl (C=O) groups is 1. The Hall–Kier alpha value is -3.69. The summed E-state index contributed by atoms with van der Waals surface area (Å²) in [4.78, 5) is 22.4. The summed E-state index contributed by atoms with van der Waals surface area (Å²) >= 11 is 0. The normalized spacial score (nSPS) is 14.2. The van der Waals surface area contributed by atoms with Crippen LogP contribution in [0.2, 0.25) is 0 Å². The van der Waals surface area contributed by atoms with E-state index in [1.54, 1.807) is 30.0 Å². The SMILES string of the molecule is Cc1cc(F)ccc1-c1ccc(N)c(NC(=O)N2CC(Cc3ccc(C(F)(F)F)cn3)C2)n1. The van der Waals surface area contributed by atoms with Crippen molar-refractivity contribution in [1.29, 1.82) is 0 Å². The monoisotopic (exact) mass is 459 g/mol. The molecule has 1 aliphatic rings. The Morgan fingerprint density at radius 3 is 2.58 bits per heavy atom. The summed E-state index contributed by atoms with van der Waals surface area (Å²) in [5.74, 6) is -0.0494. The predicted molar refractivity (Wildman–Crippen MR) is 116 cm³/mol. The van der Waals surface area contributed by atoms with Crippen molar-refractivity contribution < 1.29 is 22.4 Å². The molecule has 4 rings (SSSR count). The number of carbonyl (C=O) groups excluding carboxylic acids is 1. The van der Waals surface area contributed by atoms with E-state index in [-0.39, 0.29) is 29.3 Å². The van der Waals surface area contributed by atoms with Crippen molar-refractivity contribution >= 4 is 17.5 Å².